The normalized spacial score (nSPS) is 34.4. The average molecular weight is 150 g/mol. The maximum Gasteiger partial charge on any atom is 0.150 e. The molecule has 0 aromatic heterocycles. The fourth-order valence-electron chi connectivity index (χ4n) is 0.936. The first-order valence-corrected chi connectivity index (χ1v) is 4.81. The molecule has 0 spiro atoms. The molecule has 1 aliphatic carbocycles. The molecule has 0 heterocycles. The Morgan fingerprint density at radius 3 is 2.33 bits per heavy atom. The molecule has 1 rings (SSSR count). The molecule has 1 saturated carbocycles. The zero-order chi connectivity index (χ0) is 7.07. The van der Waals surface area contributed by atoms with Crippen molar-refractivity contribution in [3.8, 4) is 0 Å². The molecule has 0 aromatic carbocycles. The fourth-order valence-corrected chi connectivity index (χ4v) is 2.32. The summed E-state index contributed by atoms with van der Waals surface area (Å²) >= 11 is 0. The molecule has 0 saturated heterocycles. The predicted octanol–water partition coefficient (Wildman–Crippen LogP) is -0.588. The highest BCUT2D eigenvalue weighted by atomic mass is 32.2. The molecule has 0 bridgehead atoms. The zero-order valence-corrected chi connectivity index (χ0v) is 6.06. The second-order valence-electron chi connectivity index (χ2n) is 2.55. The standard InChI is InChI=1S/C5H10O3S/c1-9(7,8)5-2-4(5)3-6/h4-6H,2-3H2,1H3/t4-,5-/m0/s1. The Morgan fingerprint density at radius 1 is 1.67 bits per heavy atom. The van der Waals surface area contributed by atoms with Crippen LogP contribution < -0.4 is 0 Å². The maximum atomic E-state index is 10.7. The number of sulfone groups is 1. The topological polar surface area (TPSA) is 54.4 Å². The first kappa shape index (κ1) is 7.02. The molecule has 0 radical (unpaired) electrons. The van der Waals surface area contributed by atoms with Gasteiger partial charge in [0.15, 0.2) is 9.84 Å². The van der Waals surface area contributed by atoms with E-state index in [-0.39, 0.29) is 17.8 Å². The molecule has 54 valence electrons. The molecule has 1 N–H and O–H groups in total. The zero-order valence-electron chi connectivity index (χ0n) is 5.24. The molecule has 0 amide bonds. The van der Waals surface area contributed by atoms with Crippen LogP contribution in [0.3, 0.4) is 0 Å². The van der Waals surface area contributed by atoms with Crippen molar-refractivity contribution in [2.24, 2.45) is 5.92 Å². The number of hydrogen-bond acceptors (Lipinski definition) is 3. The molecule has 1 fully saturated rings. The minimum Gasteiger partial charge on any atom is -0.396 e. The lowest BCUT2D eigenvalue weighted by molar-refractivity contribution is 0.277. The van der Waals surface area contributed by atoms with Gasteiger partial charge in [0.1, 0.15) is 0 Å². The number of aliphatic hydroxyl groups excluding tert-OH is 1. The van der Waals surface area contributed by atoms with E-state index in [9.17, 15) is 8.42 Å². The second kappa shape index (κ2) is 1.95. The molecule has 1 aliphatic rings. The summed E-state index contributed by atoms with van der Waals surface area (Å²) < 4.78 is 21.3. The van der Waals surface area contributed by atoms with Gasteiger partial charge in [-0.25, -0.2) is 8.42 Å². The molecular formula is C5H10O3S. The molecular weight excluding hydrogens is 140 g/mol. The van der Waals surface area contributed by atoms with Gasteiger partial charge in [-0.15, -0.1) is 0 Å². The van der Waals surface area contributed by atoms with E-state index in [2.05, 4.69) is 0 Å². The molecule has 9 heavy (non-hydrogen) atoms. The first-order valence-electron chi connectivity index (χ1n) is 2.85. The lowest BCUT2D eigenvalue weighted by Gasteiger charge is -1.90. The van der Waals surface area contributed by atoms with Gasteiger partial charge in [0, 0.05) is 12.9 Å². The van der Waals surface area contributed by atoms with Crippen molar-refractivity contribution < 1.29 is 13.5 Å². The lowest BCUT2D eigenvalue weighted by Crippen LogP contribution is -2.06. The Balaban J connectivity index is 2.53. The van der Waals surface area contributed by atoms with Gasteiger partial charge in [-0.2, -0.15) is 0 Å². The minimum atomic E-state index is -2.85. The van der Waals surface area contributed by atoms with Crippen LogP contribution in [0.15, 0.2) is 0 Å². The van der Waals surface area contributed by atoms with Crippen molar-refractivity contribution in [2.75, 3.05) is 12.9 Å². The highest BCUT2D eigenvalue weighted by molar-refractivity contribution is 7.91. The van der Waals surface area contributed by atoms with Gasteiger partial charge in [-0.1, -0.05) is 0 Å². The lowest BCUT2D eigenvalue weighted by atomic mass is 10.5. The third kappa shape index (κ3) is 1.43. The van der Waals surface area contributed by atoms with Gasteiger partial charge in [-0.05, 0) is 12.3 Å². The van der Waals surface area contributed by atoms with E-state index in [1.54, 1.807) is 0 Å². The van der Waals surface area contributed by atoms with Gasteiger partial charge in [0.2, 0.25) is 0 Å². The van der Waals surface area contributed by atoms with Crippen molar-refractivity contribution in [3.63, 3.8) is 0 Å². The van der Waals surface area contributed by atoms with Crippen molar-refractivity contribution in [1.82, 2.24) is 0 Å². The molecule has 0 aliphatic heterocycles. The van der Waals surface area contributed by atoms with Gasteiger partial charge in [0.25, 0.3) is 0 Å². The first-order chi connectivity index (χ1) is 4.05. The summed E-state index contributed by atoms with van der Waals surface area (Å²) in [5, 5.41) is 8.23. The molecule has 0 unspecified atom stereocenters. The molecule has 3 nitrogen and oxygen atoms in total. The summed E-state index contributed by atoms with van der Waals surface area (Å²) in [4.78, 5) is 0. The van der Waals surface area contributed by atoms with Crippen LogP contribution >= 0.6 is 0 Å². The summed E-state index contributed by atoms with van der Waals surface area (Å²) in [6, 6.07) is 0. The summed E-state index contributed by atoms with van der Waals surface area (Å²) in [6.45, 7) is 0.0116. The smallest absolute Gasteiger partial charge is 0.150 e. The van der Waals surface area contributed by atoms with E-state index in [0.29, 0.717) is 6.42 Å². The number of rotatable bonds is 2. The average Bonchev–Trinajstić information content (AvgIpc) is 2.39. The van der Waals surface area contributed by atoms with E-state index in [1.165, 1.54) is 6.26 Å². The van der Waals surface area contributed by atoms with Crippen LogP contribution in [0.2, 0.25) is 0 Å². The van der Waals surface area contributed by atoms with E-state index >= 15 is 0 Å². The Labute approximate surface area is 54.6 Å². The second-order valence-corrected chi connectivity index (χ2v) is 4.81. The summed E-state index contributed by atoms with van der Waals surface area (Å²) in [5.74, 6) is 0.0278. The highest BCUT2D eigenvalue weighted by Gasteiger charge is 2.44. The molecule has 0 aromatic rings. The van der Waals surface area contributed by atoms with E-state index in [0.717, 1.165) is 0 Å². The quantitative estimate of drug-likeness (QED) is 0.572. The Hall–Kier alpha value is -0.0900. The van der Waals surface area contributed by atoms with Crippen LogP contribution in [0.4, 0.5) is 0 Å². The maximum absolute atomic E-state index is 10.7. The van der Waals surface area contributed by atoms with Crippen LogP contribution in [0, 0.1) is 5.92 Å². The number of aliphatic hydroxyl groups is 1. The third-order valence-electron chi connectivity index (χ3n) is 1.64. The van der Waals surface area contributed by atoms with Crippen molar-refractivity contribution in [3.05, 3.63) is 0 Å². The van der Waals surface area contributed by atoms with Crippen molar-refractivity contribution >= 4 is 9.84 Å². The van der Waals surface area contributed by atoms with Gasteiger partial charge >= 0.3 is 0 Å². The third-order valence-corrected chi connectivity index (χ3v) is 3.32. The van der Waals surface area contributed by atoms with E-state index < -0.39 is 9.84 Å². The van der Waals surface area contributed by atoms with Gasteiger partial charge in [-0.3, -0.25) is 0 Å². The monoisotopic (exact) mass is 150 g/mol. The summed E-state index contributed by atoms with van der Waals surface area (Å²) in [7, 11) is -2.85. The van der Waals surface area contributed by atoms with E-state index in [4.69, 9.17) is 5.11 Å². The van der Waals surface area contributed by atoms with E-state index in [1.807, 2.05) is 0 Å². The summed E-state index contributed by atoms with van der Waals surface area (Å²) in [6.07, 6.45) is 1.86. The van der Waals surface area contributed by atoms with Crippen LogP contribution in [0.25, 0.3) is 0 Å². The number of hydrogen-bond donors (Lipinski definition) is 1. The Morgan fingerprint density at radius 2 is 2.22 bits per heavy atom. The largest absolute Gasteiger partial charge is 0.396 e. The SMILES string of the molecule is CS(=O)(=O)[C@H]1C[C@H]1CO. The minimum absolute atomic E-state index is 0.0116. The Kier molecular flexibility index (Phi) is 1.52. The van der Waals surface area contributed by atoms with Crippen LogP contribution in [-0.2, 0) is 9.84 Å². The fraction of sp³-hybridized carbons (Fsp3) is 1.00. The Bertz CT molecular complexity index is 194. The van der Waals surface area contributed by atoms with Crippen LogP contribution in [0.1, 0.15) is 6.42 Å². The van der Waals surface area contributed by atoms with Crippen molar-refractivity contribution in [2.45, 2.75) is 11.7 Å². The predicted molar refractivity (Wildman–Crippen MR) is 33.8 cm³/mol. The van der Waals surface area contributed by atoms with Crippen LogP contribution in [0.5, 0.6) is 0 Å². The van der Waals surface area contributed by atoms with Gasteiger partial charge in [0.05, 0.1) is 5.25 Å². The molecule has 2 atom stereocenters. The highest BCUT2D eigenvalue weighted by Crippen LogP contribution is 2.35. The molecule has 4 heteroatoms. The summed E-state index contributed by atoms with van der Waals surface area (Å²) in [5.41, 5.74) is 0. The van der Waals surface area contributed by atoms with Gasteiger partial charge < -0.3 is 5.11 Å². The van der Waals surface area contributed by atoms with Crippen molar-refractivity contribution in [1.29, 1.82) is 0 Å². The van der Waals surface area contributed by atoms with Crippen LogP contribution in [-0.4, -0.2) is 31.6 Å².